The second kappa shape index (κ2) is 8.80. The Hall–Kier alpha value is -4.31. The summed E-state index contributed by atoms with van der Waals surface area (Å²) in [5.41, 5.74) is 2.32. The lowest BCUT2D eigenvalue weighted by molar-refractivity contribution is 0.0695. The van der Waals surface area contributed by atoms with Gasteiger partial charge in [0.1, 0.15) is 0 Å². The number of ketones is 2. The molecule has 0 heterocycles. The zero-order valence-electron chi connectivity index (χ0n) is 19.6. The number of rotatable bonds is 5. The molecule has 0 unspecified atom stereocenters. The van der Waals surface area contributed by atoms with E-state index in [0.717, 1.165) is 16.7 Å². The maximum atomic E-state index is 14.1. The second-order valence-corrected chi connectivity index (χ2v) is 9.10. The monoisotopic (exact) mass is 459 g/mol. The third kappa shape index (κ3) is 3.68. The number of carbonyl (C=O) groups excluding carboxylic acids is 3. The number of hydrogen-bond donors (Lipinski definition) is 1. The van der Waals surface area contributed by atoms with Crippen molar-refractivity contribution in [2.24, 2.45) is 0 Å². The van der Waals surface area contributed by atoms with Crippen LogP contribution in [0.2, 0.25) is 0 Å². The van der Waals surface area contributed by atoms with Crippen LogP contribution in [0.15, 0.2) is 103 Å². The van der Waals surface area contributed by atoms with E-state index in [-0.39, 0.29) is 5.92 Å². The van der Waals surface area contributed by atoms with Crippen LogP contribution in [0.3, 0.4) is 0 Å². The van der Waals surface area contributed by atoms with E-state index in [1.54, 1.807) is 48.5 Å². The van der Waals surface area contributed by atoms with Crippen LogP contribution >= 0.6 is 0 Å². The van der Waals surface area contributed by atoms with Gasteiger partial charge in [-0.05, 0) is 34.7 Å². The number of Topliss-reactive ketones (excluding diaryl/α,β-unsaturated/α-hetero) is 2. The molecule has 0 spiro atoms. The maximum Gasteiger partial charge on any atom is 0.252 e. The fourth-order valence-electron chi connectivity index (χ4n) is 4.75. The highest BCUT2D eigenvalue weighted by Gasteiger charge is 2.56. The lowest BCUT2D eigenvalue weighted by atomic mass is 9.78. The molecule has 35 heavy (non-hydrogen) atoms. The Kier molecular flexibility index (Phi) is 5.65. The molecular formula is C31H25NO3. The van der Waals surface area contributed by atoms with Crippen molar-refractivity contribution >= 4 is 17.5 Å². The molecule has 4 aromatic carbocycles. The first kappa shape index (κ1) is 22.5. The first-order valence-electron chi connectivity index (χ1n) is 11.7. The largest absolute Gasteiger partial charge is 0.329 e. The molecule has 0 saturated heterocycles. The normalized spacial score (nSPS) is 14.1. The molecular weight excluding hydrogens is 434 g/mol. The predicted molar refractivity (Wildman–Crippen MR) is 137 cm³/mol. The van der Waals surface area contributed by atoms with Crippen LogP contribution in [0.1, 0.15) is 62.0 Å². The molecule has 5 rings (SSSR count). The standard InChI is InChI=1S/C31H25NO3/c1-20(2)23-17-18-27(26(19-23)21-11-5-3-6-12-21)31(32-30(35)22-13-7-4-8-14-22)28(33)24-15-9-10-16-25(24)29(31)34/h3-20H,1-2H3,(H,32,35). The molecule has 0 radical (unpaired) electrons. The fourth-order valence-corrected chi connectivity index (χ4v) is 4.75. The van der Waals surface area contributed by atoms with E-state index < -0.39 is 23.0 Å². The molecule has 1 aliphatic carbocycles. The number of fused-ring (bicyclic) bond motifs is 1. The van der Waals surface area contributed by atoms with Gasteiger partial charge in [-0.15, -0.1) is 0 Å². The summed E-state index contributed by atoms with van der Waals surface area (Å²) in [5.74, 6) is -1.07. The molecule has 0 saturated carbocycles. The zero-order valence-corrected chi connectivity index (χ0v) is 19.6. The van der Waals surface area contributed by atoms with Gasteiger partial charge in [-0.1, -0.05) is 105 Å². The summed E-state index contributed by atoms with van der Waals surface area (Å²) in [6.45, 7) is 4.19. The van der Waals surface area contributed by atoms with Gasteiger partial charge >= 0.3 is 0 Å². The van der Waals surface area contributed by atoms with Gasteiger partial charge in [0.05, 0.1) is 0 Å². The molecule has 4 heteroatoms. The minimum absolute atomic E-state index is 0.244. The Labute approximate surface area is 204 Å². The summed E-state index contributed by atoms with van der Waals surface area (Å²) in [4.78, 5) is 41.6. The predicted octanol–water partition coefficient (Wildman–Crippen LogP) is 6.18. The van der Waals surface area contributed by atoms with Crippen molar-refractivity contribution in [3.63, 3.8) is 0 Å². The number of hydrogen-bond acceptors (Lipinski definition) is 3. The minimum atomic E-state index is -1.86. The highest BCUT2D eigenvalue weighted by Crippen LogP contribution is 2.43. The summed E-state index contributed by atoms with van der Waals surface area (Å²) < 4.78 is 0. The van der Waals surface area contributed by atoms with Gasteiger partial charge in [-0.25, -0.2) is 0 Å². The first-order chi connectivity index (χ1) is 16.9. The SMILES string of the molecule is CC(C)c1ccc(C2(NC(=O)c3ccccc3)C(=O)c3ccccc3C2=O)c(-c2ccccc2)c1. The molecule has 1 aliphatic rings. The van der Waals surface area contributed by atoms with Crippen molar-refractivity contribution in [1.29, 1.82) is 0 Å². The van der Waals surface area contributed by atoms with E-state index in [2.05, 4.69) is 19.2 Å². The maximum absolute atomic E-state index is 14.1. The van der Waals surface area contributed by atoms with Gasteiger partial charge < -0.3 is 5.32 Å². The van der Waals surface area contributed by atoms with Crippen molar-refractivity contribution < 1.29 is 14.4 Å². The number of carbonyl (C=O) groups is 3. The van der Waals surface area contributed by atoms with E-state index in [9.17, 15) is 14.4 Å². The average molecular weight is 460 g/mol. The summed E-state index contributed by atoms with van der Waals surface area (Å²) in [5, 5.41) is 2.89. The van der Waals surface area contributed by atoms with Crippen LogP contribution in [0.4, 0.5) is 0 Å². The van der Waals surface area contributed by atoms with Crippen LogP contribution in [0, 0.1) is 0 Å². The average Bonchev–Trinajstić information content (AvgIpc) is 3.11. The van der Waals surface area contributed by atoms with Gasteiger partial charge in [0.15, 0.2) is 5.54 Å². The Morgan fingerprint density at radius 3 is 1.80 bits per heavy atom. The van der Waals surface area contributed by atoms with E-state index >= 15 is 0 Å². The summed E-state index contributed by atoms with van der Waals surface area (Å²) >= 11 is 0. The van der Waals surface area contributed by atoms with E-state index in [1.807, 2.05) is 54.6 Å². The molecule has 0 fully saturated rings. The number of benzene rings is 4. The molecule has 1 amide bonds. The van der Waals surface area contributed by atoms with Gasteiger partial charge in [0, 0.05) is 22.3 Å². The van der Waals surface area contributed by atoms with Crippen molar-refractivity contribution in [3.05, 3.63) is 131 Å². The summed E-state index contributed by atoms with van der Waals surface area (Å²) in [6.07, 6.45) is 0. The third-order valence-corrected chi connectivity index (χ3v) is 6.63. The lowest BCUT2D eigenvalue weighted by Gasteiger charge is -2.30. The van der Waals surface area contributed by atoms with Crippen LogP contribution in [0.25, 0.3) is 11.1 Å². The third-order valence-electron chi connectivity index (χ3n) is 6.63. The van der Waals surface area contributed by atoms with Crippen molar-refractivity contribution in [2.45, 2.75) is 25.3 Å². The first-order valence-corrected chi connectivity index (χ1v) is 11.7. The quantitative estimate of drug-likeness (QED) is 0.363. The zero-order chi connectivity index (χ0) is 24.6. The smallest absolute Gasteiger partial charge is 0.252 e. The van der Waals surface area contributed by atoms with Crippen LogP contribution in [-0.4, -0.2) is 17.5 Å². The molecule has 0 atom stereocenters. The second-order valence-electron chi connectivity index (χ2n) is 9.10. The van der Waals surface area contributed by atoms with Gasteiger partial charge in [-0.3, -0.25) is 14.4 Å². The van der Waals surface area contributed by atoms with E-state index in [4.69, 9.17) is 0 Å². The molecule has 0 bridgehead atoms. The van der Waals surface area contributed by atoms with Gasteiger partial charge in [0.2, 0.25) is 11.6 Å². The van der Waals surface area contributed by atoms with Gasteiger partial charge in [-0.2, -0.15) is 0 Å². The Morgan fingerprint density at radius 2 is 1.23 bits per heavy atom. The van der Waals surface area contributed by atoms with E-state index in [0.29, 0.717) is 22.3 Å². The van der Waals surface area contributed by atoms with Crippen LogP contribution in [0.5, 0.6) is 0 Å². The number of nitrogens with one attached hydrogen (secondary N) is 1. The topological polar surface area (TPSA) is 63.2 Å². The van der Waals surface area contributed by atoms with E-state index in [1.165, 1.54) is 0 Å². The Balaban J connectivity index is 1.78. The van der Waals surface area contributed by atoms with Crippen molar-refractivity contribution in [3.8, 4) is 11.1 Å². The van der Waals surface area contributed by atoms with Gasteiger partial charge in [0.25, 0.3) is 5.91 Å². The highest BCUT2D eigenvalue weighted by molar-refractivity contribution is 6.34. The minimum Gasteiger partial charge on any atom is -0.329 e. The lowest BCUT2D eigenvalue weighted by Crippen LogP contribution is -2.54. The highest BCUT2D eigenvalue weighted by atomic mass is 16.2. The van der Waals surface area contributed by atoms with Crippen LogP contribution < -0.4 is 5.32 Å². The summed E-state index contributed by atoms with van der Waals surface area (Å²) in [7, 11) is 0. The molecule has 4 aromatic rings. The van der Waals surface area contributed by atoms with Crippen molar-refractivity contribution in [1.82, 2.24) is 5.32 Å². The Bertz CT molecular complexity index is 1400. The summed E-state index contributed by atoms with van der Waals surface area (Å²) in [6, 6.07) is 30.9. The fraction of sp³-hybridized carbons (Fsp3) is 0.129. The molecule has 1 N–H and O–H groups in total. The number of amides is 1. The molecule has 0 aromatic heterocycles. The molecule has 172 valence electrons. The molecule has 0 aliphatic heterocycles. The van der Waals surface area contributed by atoms with Crippen LogP contribution in [-0.2, 0) is 5.54 Å². The van der Waals surface area contributed by atoms with Crippen molar-refractivity contribution in [2.75, 3.05) is 0 Å². The molecule has 4 nitrogen and oxygen atoms in total. The Morgan fingerprint density at radius 1 is 0.686 bits per heavy atom.